The van der Waals surface area contributed by atoms with Gasteiger partial charge in [0.2, 0.25) is 0 Å². The second-order valence-electron chi connectivity index (χ2n) is 5.37. The molecule has 0 spiro atoms. The first-order valence-corrected chi connectivity index (χ1v) is 7.25. The summed E-state index contributed by atoms with van der Waals surface area (Å²) < 4.78 is 5.15. The Labute approximate surface area is 128 Å². The molecular weight excluding hydrogens is 284 g/mol. The van der Waals surface area contributed by atoms with Crippen LogP contribution in [0.2, 0.25) is 0 Å². The third kappa shape index (κ3) is 2.74. The highest BCUT2D eigenvalue weighted by Crippen LogP contribution is 2.34. The topological polar surface area (TPSA) is 84.3 Å². The SMILES string of the molecule is COc1cc(N2CCCC(c3ncc[nH]3)C2)ccc1[N+](=O)[O-]. The van der Waals surface area contributed by atoms with Crippen LogP contribution in [0.5, 0.6) is 5.75 Å². The molecule has 1 aliphatic heterocycles. The quantitative estimate of drug-likeness (QED) is 0.693. The lowest BCUT2D eigenvalue weighted by molar-refractivity contribution is -0.385. The summed E-state index contributed by atoms with van der Waals surface area (Å²) in [4.78, 5) is 20.3. The van der Waals surface area contributed by atoms with Gasteiger partial charge in [-0.15, -0.1) is 0 Å². The van der Waals surface area contributed by atoms with Gasteiger partial charge in [-0.25, -0.2) is 4.98 Å². The Hall–Kier alpha value is -2.57. The summed E-state index contributed by atoms with van der Waals surface area (Å²) >= 11 is 0. The molecule has 1 saturated heterocycles. The van der Waals surface area contributed by atoms with Gasteiger partial charge in [0.15, 0.2) is 5.75 Å². The van der Waals surface area contributed by atoms with Crippen molar-refractivity contribution in [2.75, 3.05) is 25.1 Å². The molecule has 1 aromatic heterocycles. The summed E-state index contributed by atoms with van der Waals surface area (Å²) in [5.41, 5.74) is 0.935. The highest BCUT2D eigenvalue weighted by Gasteiger charge is 2.24. The minimum atomic E-state index is -0.426. The van der Waals surface area contributed by atoms with E-state index in [0.29, 0.717) is 11.7 Å². The van der Waals surface area contributed by atoms with Crippen molar-refractivity contribution in [3.8, 4) is 5.75 Å². The number of anilines is 1. The number of aromatic nitrogens is 2. The Bertz CT molecular complexity index is 657. The normalized spacial score (nSPS) is 18.2. The first-order chi connectivity index (χ1) is 10.7. The summed E-state index contributed by atoms with van der Waals surface area (Å²) in [5, 5.41) is 11.0. The van der Waals surface area contributed by atoms with E-state index in [0.717, 1.165) is 37.4 Å². The molecule has 0 radical (unpaired) electrons. The molecule has 22 heavy (non-hydrogen) atoms. The lowest BCUT2D eigenvalue weighted by Gasteiger charge is -2.33. The predicted octanol–water partition coefficient (Wildman–Crippen LogP) is 2.71. The second kappa shape index (κ2) is 6.05. The van der Waals surface area contributed by atoms with Crippen LogP contribution in [-0.4, -0.2) is 35.1 Å². The molecule has 7 heteroatoms. The Morgan fingerprint density at radius 1 is 1.50 bits per heavy atom. The van der Waals surface area contributed by atoms with Gasteiger partial charge in [-0.1, -0.05) is 0 Å². The number of rotatable bonds is 4. The van der Waals surface area contributed by atoms with E-state index in [1.165, 1.54) is 13.2 Å². The summed E-state index contributed by atoms with van der Waals surface area (Å²) in [6, 6.07) is 5.03. The number of nitrogens with one attached hydrogen (secondary N) is 1. The molecule has 1 unspecified atom stereocenters. The van der Waals surface area contributed by atoms with Crippen LogP contribution in [0.25, 0.3) is 0 Å². The summed E-state index contributed by atoms with van der Waals surface area (Å²) in [6.07, 6.45) is 5.76. The minimum Gasteiger partial charge on any atom is -0.490 e. The number of hydrogen-bond donors (Lipinski definition) is 1. The van der Waals surface area contributed by atoms with Gasteiger partial charge in [-0.2, -0.15) is 0 Å². The standard InChI is InChI=1S/C15H18N4O3/c1-22-14-9-12(4-5-13(14)19(20)21)18-8-2-3-11(10-18)15-16-6-7-17-15/h4-7,9,11H,2-3,8,10H2,1H3,(H,16,17). The van der Waals surface area contributed by atoms with Crippen molar-refractivity contribution in [3.63, 3.8) is 0 Å². The molecule has 0 saturated carbocycles. The maximum atomic E-state index is 11.0. The van der Waals surface area contributed by atoms with E-state index in [4.69, 9.17) is 4.74 Å². The highest BCUT2D eigenvalue weighted by molar-refractivity contribution is 5.59. The molecule has 3 rings (SSSR count). The average Bonchev–Trinajstić information content (AvgIpc) is 3.08. The molecule has 0 bridgehead atoms. The fourth-order valence-corrected chi connectivity index (χ4v) is 2.95. The van der Waals surface area contributed by atoms with E-state index in [9.17, 15) is 10.1 Å². The Kier molecular flexibility index (Phi) is 3.95. The molecule has 116 valence electrons. The number of methoxy groups -OCH3 is 1. The van der Waals surface area contributed by atoms with Gasteiger partial charge >= 0.3 is 5.69 Å². The minimum absolute atomic E-state index is 0.00848. The molecule has 0 aliphatic carbocycles. The van der Waals surface area contributed by atoms with Crippen LogP contribution in [-0.2, 0) is 0 Å². The third-order valence-corrected chi connectivity index (χ3v) is 4.05. The first-order valence-electron chi connectivity index (χ1n) is 7.25. The maximum Gasteiger partial charge on any atom is 0.311 e. The van der Waals surface area contributed by atoms with Crippen LogP contribution >= 0.6 is 0 Å². The monoisotopic (exact) mass is 302 g/mol. The number of piperidine rings is 1. The predicted molar refractivity (Wildman–Crippen MR) is 82.4 cm³/mol. The van der Waals surface area contributed by atoms with Gasteiger partial charge in [-0.05, 0) is 18.9 Å². The zero-order valence-electron chi connectivity index (χ0n) is 12.4. The lowest BCUT2D eigenvalue weighted by Crippen LogP contribution is -2.34. The molecule has 1 atom stereocenters. The molecular formula is C15H18N4O3. The first kappa shape index (κ1) is 14.4. The number of hydrogen-bond acceptors (Lipinski definition) is 5. The van der Waals surface area contributed by atoms with Gasteiger partial charge in [0.25, 0.3) is 0 Å². The number of benzene rings is 1. The molecule has 1 fully saturated rings. The molecule has 7 nitrogen and oxygen atoms in total. The zero-order chi connectivity index (χ0) is 15.5. The number of nitro benzene ring substituents is 1. The van der Waals surface area contributed by atoms with E-state index in [-0.39, 0.29) is 5.69 Å². The Morgan fingerprint density at radius 2 is 2.36 bits per heavy atom. The van der Waals surface area contributed by atoms with Crippen molar-refractivity contribution in [1.29, 1.82) is 0 Å². The largest absolute Gasteiger partial charge is 0.490 e. The van der Waals surface area contributed by atoms with Crippen LogP contribution in [0.15, 0.2) is 30.6 Å². The summed E-state index contributed by atoms with van der Waals surface area (Å²) in [7, 11) is 1.45. The third-order valence-electron chi connectivity index (χ3n) is 4.05. The van der Waals surface area contributed by atoms with Crippen molar-refractivity contribution in [1.82, 2.24) is 9.97 Å². The molecule has 1 N–H and O–H groups in total. The van der Waals surface area contributed by atoms with Crippen molar-refractivity contribution >= 4 is 11.4 Å². The van der Waals surface area contributed by atoms with Gasteiger partial charge in [0, 0.05) is 49.2 Å². The zero-order valence-corrected chi connectivity index (χ0v) is 12.4. The maximum absolute atomic E-state index is 11.0. The lowest BCUT2D eigenvalue weighted by atomic mass is 9.97. The molecule has 1 aromatic carbocycles. The van der Waals surface area contributed by atoms with E-state index in [2.05, 4.69) is 14.9 Å². The molecule has 1 aliphatic rings. The Morgan fingerprint density at radius 3 is 3.05 bits per heavy atom. The fraction of sp³-hybridized carbons (Fsp3) is 0.400. The summed E-state index contributed by atoms with van der Waals surface area (Å²) in [5.74, 6) is 1.64. The van der Waals surface area contributed by atoms with Crippen LogP contribution in [0, 0.1) is 10.1 Å². The van der Waals surface area contributed by atoms with E-state index >= 15 is 0 Å². The van der Waals surface area contributed by atoms with Crippen molar-refractivity contribution in [2.24, 2.45) is 0 Å². The number of nitro groups is 1. The van der Waals surface area contributed by atoms with E-state index < -0.39 is 4.92 Å². The van der Waals surface area contributed by atoms with Gasteiger partial charge in [0.05, 0.1) is 12.0 Å². The number of aromatic amines is 1. The van der Waals surface area contributed by atoms with Crippen molar-refractivity contribution in [3.05, 3.63) is 46.5 Å². The second-order valence-corrected chi connectivity index (χ2v) is 5.37. The van der Waals surface area contributed by atoms with Crippen molar-refractivity contribution in [2.45, 2.75) is 18.8 Å². The van der Waals surface area contributed by atoms with Crippen LogP contribution in [0.1, 0.15) is 24.6 Å². The molecule has 0 amide bonds. The van der Waals surface area contributed by atoms with Gasteiger partial charge in [0.1, 0.15) is 5.82 Å². The van der Waals surface area contributed by atoms with E-state index in [1.54, 1.807) is 18.3 Å². The fourth-order valence-electron chi connectivity index (χ4n) is 2.95. The summed E-state index contributed by atoms with van der Waals surface area (Å²) in [6.45, 7) is 1.77. The highest BCUT2D eigenvalue weighted by atomic mass is 16.6. The number of nitrogens with zero attached hydrogens (tertiary/aromatic N) is 3. The van der Waals surface area contributed by atoms with Crippen LogP contribution in [0.3, 0.4) is 0 Å². The number of imidazole rings is 1. The van der Waals surface area contributed by atoms with Crippen LogP contribution in [0.4, 0.5) is 11.4 Å². The number of ether oxygens (including phenoxy) is 1. The van der Waals surface area contributed by atoms with Crippen LogP contribution < -0.4 is 9.64 Å². The smallest absolute Gasteiger partial charge is 0.311 e. The van der Waals surface area contributed by atoms with Gasteiger partial charge in [-0.3, -0.25) is 10.1 Å². The van der Waals surface area contributed by atoms with Crippen molar-refractivity contribution < 1.29 is 9.66 Å². The Balaban J connectivity index is 1.83. The average molecular weight is 302 g/mol. The van der Waals surface area contributed by atoms with Gasteiger partial charge < -0.3 is 14.6 Å². The molecule has 2 heterocycles. The molecule has 2 aromatic rings. The van der Waals surface area contributed by atoms with E-state index in [1.807, 2.05) is 6.20 Å². The number of H-pyrrole nitrogens is 1.